The fourth-order valence-corrected chi connectivity index (χ4v) is 10.1. The molecule has 1 aromatic heterocycles. The van der Waals surface area contributed by atoms with Crippen LogP contribution in [0.3, 0.4) is 0 Å². The first kappa shape index (κ1) is 37.5. The number of nitrogens with zero attached hydrogens (tertiary/aromatic N) is 3. The van der Waals surface area contributed by atoms with E-state index in [1.54, 1.807) is 48.5 Å². The van der Waals surface area contributed by atoms with Crippen LogP contribution in [-0.4, -0.2) is 62.9 Å². The molecule has 4 amide bonds. The van der Waals surface area contributed by atoms with E-state index in [2.05, 4.69) is 10.4 Å². The molecule has 0 bridgehead atoms. The number of nitrogens with one attached hydrogen (secondary N) is 1. The summed E-state index contributed by atoms with van der Waals surface area (Å²) in [6.45, 7) is -0.150. The predicted molar refractivity (Wildman–Crippen MR) is 195 cm³/mol. The van der Waals surface area contributed by atoms with Gasteiger partial charge in [0.2, 0.25) is 11.8 Å². The number of benzene rings is 2. The third-order valence-corrected chi connectivity index (χ3v) is 12.6. The summed E-state index contributed by atoms with van der Waals surface area (Å²) in [4.78, 5) is 64.0. The number of fused-ring (bicyclic) bond motifs is 4. The fourth-order valence-electron chi connectivity index (χ4n) is 9.80. The number of carbonyl (C=O) groups is 4. The smallest absolute Gasteiger partial charge is 0.417 e. The van der Waals surface area contributed by atoms with Crippen molar-refractivity contribution in [2.24, 2.45) is 23.7 Å². The predicted octanol–water partition coefficient (Wildman–Crippen LogP) is 7.10. The molecule has 2 aromatic carbocycles. The molecule has 3 aromatic rings. The van der Waals surface area contributed by atoms with Crippen molar-refractivity contribution in [2.75, 3.05) is 18.6 Å². The van der Waals surface area contributed by atoms with Crippen LogP contribution in [0.1, 0.15) is 67.6 Å². The van der Waals surface area contributed by atoms with Crippen molar-refractivity contribution in [3.63, 3.8) is 0 Å². The largest absolute Gasteiger partial charge is 0.491 e. The third kappa shape index (κ3) is 6.09. The molecule has 8 rings (SSSR count). The Kier molecular flexibility index (Phi) is 9.70. The number of imide groups is 2. The van der Waals surface area contributed by atoms with E-state index >= 15 is 4.79 Å². The minimum absolute atomic E-state index is 0.0400. The Labute approximate surface area is 324 Å². The number of amides is 4. The molecule has 288 valence electrons. The van der Waals surface area contributed by atoms with E-state index in [9.17, 15) is 32.7 Å². The van der Waals surface area contributed by atoms with E-state index < -0.39 is 63.6 Å². The van der Waals surface area contributed by atoms with E-state index in [4.69, 9.17) is 27.9 Å². The Morgan fingerprint density at radius 2 is 1.64 bits per heavy atom. The minimum atomic E-state index is -4.73. The Morgan fingerprint density at radius 3 is 2.29 bits per heavy atom. The number of likely N-dealkylation sites (tertiary alicyclic amines) is 1. The van der Waals surface area contributed by atoms with Gasteiger partial charge in [-0.2, -0.15) is 18.2 Å². The molecule has 2 saturated heterocycles. The molecule has 5 aliphatic rings. The number of hydrogen-bond donors (Lipinski definition) is 2. The summed E-state index contributed by atoms with van der Waals surface area (Å²) in [5.41, 5.74) is 1.73. The van der Waals surface area contributed by atoms with Gasteiger partial charge in [0.25, 0.3) is 11.8 Å². The fraction of sp³-hybridized carbons (Fsp3) is 0.425. The van der Waals surface area contributed by atoms with Crippen molar-refractivity contribution in [3.05, 3.63) is 99.2 Å². The summed E-state index contributed by atoms with van der Waals surface area (Å²) in [7, 11) is 0. The molecule has 6 unspecified atom stereocenters. The molecule has 15 heteroatoms. The maximum atomic E-state index is 15.3. The lowest BCUT2D eigenvalue weighted by atomic mass is 9.49. The highest BCUT2D eigenvalue weighted by molar-refractivity contribution is 6.33. The highest BCUT2D eigenvalue weighted by atomic mass is 35.5. The van der Waals surface area contributed by atoms with E-state index in [1.165, 1.54) is 4.90 Å². The van der Waals surface area contributed by atoms with Crippen LogP contribution in [0.5, 0.6) is 5.75 Å². The van der Waals surface area contributed by atoms with Gasteiger partial charge in [0, 0.05) is 23.2 Å². The van der Waals surface area contributed by atoms with Gasteiger partial charge in [0.15, 0.2) is 5.82 Å². The van der Waals surface area contributed by atoms with Gasteiger partial charge in [0.1, 0.15) is 12.4 Å². The third-order valence-electron chi connectivity index (χ3n) is 12.1. The number of anilines is 1. The van der Waals surface area contributed by atoms with Crippen LogP contribution in [-0.2, 0) is 30.8 Å². The van der Waals surface area contributed by atoms with E-state index in [-0.39, 0.29) is 49.7 Å². The maximum absolute atomic E-state index is 15.3. The lowest BCUT2D eigenvalue weighted by molar-refractivity contribution is -0.144. The second-order valence-corrected chi connectivity index (χ2v) is 15.7. The molecule has 2 aliphatic heterocycles. The van der Waals surface area contributed by atoms with E-state index in [1.807, 2.05) is 6.08 Å². The van der Waals surface area contributed by atoms with Gasteiger partial charge in [-0.1, -0.05) is 78.4 Å². The highest BCUT2D eigenvalue weighted by Crippen LogP contribution is 2.64. The van der Waals surface area contributed by atoms with Gasteiger partial charge in [-0.05, 0) is 73.1 Å². The topological polar surface area (TPSA) is 129 Å². The van der Waals surface area contributed by atoms with Gasteiger partial charge in [-0.25, -0.2) is 4.98 Å². The van der Waals surface area contributed by atoms with Crippen LogP contribution in [0, 0.1) is 23.7 Å². The quantitative estimate of drug-likeness (QED) is 0.183. The number of alkyl halides is 3. The van der Waals surface area contributed by atoms with Crippen molar-refractivity contribution in [1.82, 2.24) is 14.9 Å². The normalized spacial score (nSPS) is 28.2. The molecule has 2 N–H and O–H groups in total. The molecule has 2 saturated carbocycles. The molecule has 3 aliphatic carbocycles. The summed E-state index contributed by atoms with van der Waals surface area (Å²) in [6.07, 6.45) is 2.47. The van der Waals surface area contributed by atoms with Crippen LogP contribution in [0.15, 0.2) is 72.4 Å². The zero-order chi connectivity index (χ0) is 38.8. The Balaban J connectivity index is 1.28. The van der Waals surface area contributed by atoms with Gasteiger partial charge >= 0.3 is 6.18 Å². The second kappa shape index (κ2) is 14.2. The number of pyridine rings is 1. The summed E-state index contributed by atoms with van der Waals surface area (Å²) in [5, 5.41) is 10.0. The second-order valence-electron chi connectivity index (χ2n) is 14.9. The summed E-state index contributed by atoms with van der Waals surface area (Å²) in [6, 6.07) is 14.0. The zero-order valence-corrected chi connectivity index (χ0v) is 30.9. The molecule has 3 heterocycles. The van der Waals surface area contributed by atoms with Gasteiger partial charge in [-0.3, -0.25) is 29.5 Å². The first-order valence-electron chi connectivity index (χ1n) is 18.4. The first-order valence-corrected chi connectivity index (χ1v) is 19.2. The number of aliphatic hydroxyl groups excluding tert-OH is 1. The number of hydrogen-bond acceptors (Lipinski definition) is 8. The number of allylic oxidation sites excluding steroid dienone is 2. The lowest BCUT2D eigenvalue weighted by Gasteiger charge is -2.50. The number of hydrazine groups is 1. The van der Waals surface area contributed by atoms with E-state index in [0.29, 0.717) is 34.2 Å². The van der Waals surface area contributed by atoms with Gasteiger partial charge in [-0.15, -0.1) is 0 Å². The molecule has 6 atom stereocenters. The maximum Gasteiger partial charge on any atom is 0.417 e. The van der Waals surface area contributed by atoms with Crippen molar-refractivity contribution in [2.45, 2.75) is 68.5 Å². The van der Waals surface area contributed by atoms with Gasteiger partial charge in [0.05, 0.1) is 40.4 Å². The van der Waals surface area contributed by atoms with Crippen molar-refractivity contribution >= 4 is 52.6 Å². The molecule has 0 spiro atoms. The zero-order valence-electron chi connectivity index (χ0n) is 29.4. The molecular formula is C40H37Cl2F3N4O6. The number of carbonyl (C=O) groups excluding carboxylic acids is 4. The van der Waals surface area contributed by atoms with Crippen molar-refractivity contribution < 1.29 is 42.2 Å². The molecule has 0 radical (unpaired) electrons. The summed E-state index contributed by atoms with van der Waals surface area (Å²) in [5.74, 6) is -5.63. The Hall–Kier alpha value is -4.46. The summed E-state index contributed by atoms with van der Waals surface area (Å²) < 4.78 is 46.1. The molecule has 4 fully saturated rings. The summed E-state index contributed by atoms with van der Waals surface area (Å²) >= 11 is 12.6. The first-order chi connectivity index (χ1) is 26.4. The van der Waals surface area contributed by atoms with E-state index in [0.717, 1.165) is 42.7 Å². The number of rotatable bonds is 8. The highest BCUT2D eigenvalue weighted by Gasteiger charge is 2.70. The number of aromatic nitrogens is 1. The van der Waals surface area contributed by atoms with Crippen LogP contribution in [0.4, 0.5) is 19.0 Å². The average Bonchev–Trinajstić information content (AvgIpc) is 3.55. The van der Waals surface area contributed by atoms with Crippen molar-refractivity contribution in [1.29, 1.82) is 0 Å². The number of aliphatic hydroxyl groups is 1. The number of halogens is 5. The monoisotopic (exact) mass is 796 g/mol. The van der Waals surface area contributed by atoms with Crippen LogP contribution in [0.2, 0.25) is 10.0 Å². The molecular weight excluding hydrogens is 760 g/mol. The Morgan fingerprint density at radius 1 is 0.927 bits per heavy atom. The lowest BCUT2D eigenvalue weighted by Crippen LogP contribution is -2.53. The average molecular weight is 798 g/mol. The minimum Gasteiger partial charge on any atom is -0.491 e. The van der Waals surface area contributed by atoms with Crippen LogP contribution >= 0.6 is 23.2 Å². The number of ether oxygens (including phenoxy) is 1. The van der Waals surface area contributed by atoms with Gasteiger partial charge < -0.3 is 9.84 Å². The van der Waals surface area contributed by atoms with Crippen LogP contribution in [0.25, 0.3) is 0 Å². The molecule has 10 nitrogen and oxygen atoms in total. The SMILES string of the molecule is O=C1C2CC3C(=CCC4C(=O)N(C5CCCCC5)C(=O)C43)C(c3ccc(OCCO)cc3)C2(c2ccc(Cl)cc2)C(=O)N1Nc1ncc(C(F)(F)F)cc1Cl. The Bertz CT molecular complexity index is 2070. The van der Waals surface area contributed by atoms with Crippen molar-refractivity contribution in [3.8, 4) is 5.75 Å². The standard InChI is InChI=1S/C40H37Cl2F3N4O6/c41-24-10-8-22(9-11-24)39-30(36(52)49(38(39)54)47-34-31(42)18-23(20-46-34)40(43,44)45)19-29-27(33(39)21-6-12-26(13-7-21)55-17-16-50)14-15-28-32(29)37(53)48(35(28)51)25-4-2-1-3-5-25/h6-14,18,20,25,28-30,32-33,50H,1-5,15-17,19H2,(H,46,47). The molecule has 55 heavy (non-hydrogen) atoms. The van der Waals surface area contributed by atoms with Crippen LogP contribution < -0.4 is 10.2 Å².